The number of hydrogen-bond acceptors (Lipinski definition) is 3. The Morgan fingerprint density at radius 1 is 1.53 bits per heavy atom. The molecule has 104 valence electrons. The van der Waals surface area contributed by atoms with Crippen LogP contribution in [0.1, 0.15) is 22.8 Å². The van der Waals surface area contributed by atoms with E-state index < -0.39 is 0 Å². The summed E-state index contributed by atoms with van der Waals surface area (Å²) in [4.78, 5) is 14.2. The summed E-state index contributed by atoms with van der Waals surface area (Å²) in [5.74, 6) is 0.423. The lowest BCUT2D eigenvalue weighted by atomic mass is 10.1. The van der Waals surface area contributed by atoms with E-state index in [1.807, 2.05) is 6.92 Å². The summed E-state index contributed by atoms with van der Waals surface area (Å²) in [5, 5.41) is 9.68. The molecule has 1 amide bonds. The number of carbonyl (C=O) groups is 1. The van der Waals surface area contributed by atoms with Crippen molar-refractivity contribution >= 4 is 17.5 Å². The molecule has 1 fully saturated rings. The predicted octanol–water partition coefficient (Wildman–Crippen LogP) is 2.17. The first kappa shape index (κ1) is 14.2. The van der Waals surface area contributed by atoms with Crippen LogP contribution >= 0.6 is 11.6 Å². The molecule has 0 radical (unpaired) electrons. The number of benzene rings is 1. The second-order valence-electron chi connectivity index (χ2n) is 4.88. The Hall–Kier alpha value is -1.26. The molecule has 1 aliphatic heterocycles. The fraction of sp³-hybridized carbons (Fsp3) is 0.500. The maximum Gasteiger partial charge on any atom is 0.254 e. The zero-order valence-corrected chi connectivity index (χ0v) is 11.9. The van der Waals surface area contributed by atoms with Crippen LogP contribution in [0.4, 0.5) is 0 Å². The summed E-state index contributed by atoms with van der Waals surface area (Å²) in [7, 11) is 0. The van der Waals surface area contributed by atoms with Crippen molar-refractivity contribution in [3.05, 3.63) is 29.3 Å². The van der Waals surface area contributed by atoms with E-state index in [4.69, 9.17) is 16.3 Å². The van der Waals surface area contributed by atoms with Crippen molar-refractivity contribution in [1.82, 2.24) is 4.90 Å². The first-order chi connectivity index (χ1) is 9.02. The summed E-state index contributed by atoms with van der Waals surface area (Å²) in [6, 6.07) is 4.99. The van der Waals surface area contributed by atoms with Crippen LogP contribution in [0.25, 0.3) is 0 Å². The monoisotopic (exact) mass is 283 g/mol. The van der Waals surface area contributed by atoms with Gasteiger partial charge < -0.3 is 14.7 Å². The second kappa shape index (κ2) is 5.80. The van der Waals surface area contributed by atoms with Gasteiger partial charge >= 0.3 is 0 Å². The lowest BCUT2D eigenvalue weighted by Gasteiger charge is -2.36. The van der Waals surface area contributed by atoms with Crippen molar-refractivity contribution < 1.29 is 14.6 Å². The van der Waals surface area contributed by atoms with Crippen LogP contribution in [0.2, 0.25) is 0 Å². The smallest absolute Gasteiger partial charge is 0.254 e. The van der Waals surface area contributed by atoms with Crippen LogP contribution < -0.4 is 0 Å². The molecule has 1 N–H and O–H groups in total. The molecule has 0 saturated carbocycles. The number of rotatable bonds is 2. The molecule has 1 heterocycles. The highest BCUT2D eigenvalue weighted by atomic mass is 35.5. The largest absolute Gasteiger partial charge is 0.508 e. The lowest BCUT2D eigenvalue weighted by Crippen LogP contribution is -2.49. The van der Waals surface area contributed by atoms with E-state index in [1.165, 1.54) is 0 Å². The number of ether oxygens (including phenoxy) is 1. The van der Waals surface area contributed by atoms with Gasteiger partial charge in [-0.05, 0) is 26.0 Å². The molecule has 4 nitrogen and oxygen atoms in total. The number of phenols is 1. The van der Waals surface area contributed by atoms with E-state index in [9.17, 15) is 9.90 Å². The zero-order chi connectivity index (χ0) is 14.0. The molecule has 5 heteroatoms. The maximum atomic E-state index is 12.5. The topological polar surface area (TPSA) is 49.8 Å². The van der Waals surface area contributed by atoms with Gasteiger partial charge in [-0.25, -0.2) is 0 Å². The number of aromatic hydroxyl groups is 1. The quantitative estimate of drug-likeness (QED) is 0.846. The number of amides is 1. The van der Waals surface area contributed by atoms with Crippen LogP contribution in [-0.4, -0.2) is 47.1 Å². The first-order valence-corrected chi connectivity index (χ1v) is 6.85. The fourth-order valence-corrected chi connectivity index (χ4v) is 2.49. The minimum Gasteiger partial charge on any atom is -0.508 e. The number of nitrogens with zero attached hydrogens (tertiary/aromatic N) is 1. The van der Waals surface area contributed by atoms with Crippen molar-refractivity contribution in [2.75, 3.05) is 19.0 Å². The number of morpholine rings is 1. The van der Waals surface area contributed by atoms with Gasteiger partial charge in [-0.1, -0.05) is 6.07 Å². The number of alkyl halides is 1. The predicted molar refractivity (Wildman–Crippen MR) is 73.8 cm³/mol. The highest BCUT2D eigenvalue weighted by Gasteiger charge is 2.29. The molecular formula is C14H18ClNO3. The van der Waals surface area contributed by atoms with E-state index in [2.05, 4.69) is 0 Å². The molecular weight excluding hydrogens is 266 g/mol. The molecule has 0 spiro atoms. The summed E-state index contributed by atoms with van der Waals surface area (Å²) in [6.07, 6.45) is -0.161. The maximum absolute atomic E-state index is 12.5. The Morgan fingerprint density at radius 3 is 2.95 bits per heavy atom. The van der Waals surface area contributed by atoms with Gasteiger partial charge in [0.05, 0.1) is 18.1 Å². The molecule has 0 aromatic heterocycles. The van der Waals surface area contributed by atoms with Gasteiger partial charge in [-0.15, -0.1) is 11.6 Å². The molecule has 1 aromatic carbocycles. The van der Waals surface area contributed by atoms with Crippen LogP contribution in [0.3, 0.4) is 0 Å². The zero-order valence-electron chi connectivity index (χ0n) is 11.1. The first-order valence-electron chi connectivity index (χ1n) is 6.32. The van der Waals surface area contributed by atoms with E-state index in [0.29, 0.717) is 30.1 Å². The molecule has 1 aliphatic rings. The van der Waals surface area contributed by atoms with Gasteiger partial charge in [0.15, 0.2) is 0 Å². The average Bonchev–Trinajstić information content (AvgIpc) is 2.40. The van der Waals surface area contributed by atoms with Crippen LogP contribution in [0.15, 0.2) is 18.2 Å². The van der Waals surface area contributed by atoms with Gasteiger partial charge in [0.25, 0.3) is 5.91 Å². The average molecular weight is 284 g/mol. The SMILES string of the molecule is Cc1c(O)cccc1C(=O)N1CC(C)OC(CCl)C1. The summed E-state index contributed by atoms with van der Waals surface area (Å²) >= 11 is 5.82. The van der Waals surface area contributed by atoms with Crippen molar-refractivity contribution in [2.24, 2.45) is 0 Å². The van der Waals surface area contributed by atoms with Crippen LogP contribution in [-0.2, 0) is 4.74 Å². The molecule has 1 saturated heterocycles. The molecule has 19 heavy (non-hydrogen) atoms. The van der Waals surface area contributed by atoms with Gasteiger partial charge in [0, 0.05) is 24.2 Å². The van der Waals surface area contributed by atoms with Gasteiger partial charge in [-0.3, -0.25) is 4.79 Å². The summed E-state index contributed by atoms with van der Waals surface area (Å²) in [5.41, 5.74) is 1.14. The number of phenolic OH excluding ortho intramolecular Hbond substituents is 1. The molecule has 2 unspecified atom stereocenters. The Balaban J connectivity index is 2.21. The minimum absolute atomic E-state index is 0.0286. The lowest BCUT2D eigenvalue weighted by molar-refractivity contribution is -0.0570. The molecule has 2 rings (SSSR count). The molecule has 1 aromatic rings. The van der Waals surface area contributed by atoms with E-state index in [1.54, 1.807) is 30.0 Å². The molecule has 0 bridgehead atoms. The Kier molecular flexibility index (Phi) is 4.32. The Bertz CT molecular complexity index is 478. The number of hydrogen-bond donors (Lipinski definition) is 1. The minimum atomic E-state index is -0.132. The highest BCUT2D eigenvalue weighted by Crippen LogP contribution is 2.22. The third-order valence-corrected chi connectivity index (χ3v) is 3.67. The van der Waals surface area contributed by atoms with E-state index in [-0.39, 0.29) is 23.9 Å². The number of carbonyl (C=O) groups excluding carboxylic acids is 1. The third-order valence-electron chi connectivity index (χ3n) is 3.32. The Labute approximate surface area is 117 Å². The second-order valence-corrected chi connectivity index (χ2v) is 5.19. The summed E-state index contributed by atoms with van der Waals surface area (Å²) < 4.78 is 5.63. The highest BCUT2D eigenvalue weighted by molar-refractivity contribution is 6.18. The Morgan fingerprint density at radius 2 is 2.26 bits per heavy atom. The van der Waals surface area contributed by atoms with Crippen LogP contribution in [0, 0.1) is 6.92 Å². The van der Waals surface area contributed by atoms with Gasteiger partial charge in [-0.2, -0.15) is 0 Å². The van der Waals surface area contributed by atoms with Crippen molar-refractivity contribution in [3.63, 3.8) is 0 Å². The normalized spacial score (nSPS) is 23.4. The number of halogens is 1. The van der Waals surface area contributed by atoms with Gasteiger partial charge in [0.1, 0.15) is 5.75 Å². The van der Waals surface area contributed by atoms with Crippen molar-refractivity contribution in [2.45, 2.75) is 26.1 Å². The van der Waals surface area contributed by atoms with Gasteiger partial charge in [0.2, 0.25) is 0 Å². The van der Waals surface area contributed by atoms with Crippen LogP contribution in [0.5, 0.6) is 5.75 Å². The van der Waals surface area contributed by atoms with Crippen molar-refractivity contribution in [3.8, 4) is 5.75 Å². The van der Waals surface area contributed by atoms with E-state index in [0.717, 1.165) is 0 Å². The van der Waals surface area contributed by atoms with Crippen molar-refractivity contribution in [1.29, 1.82) is 0 Å². The standard InChI is InChI=1S/C14H18ClNO3/c1-9-7-16(8-11(6-15)19-9)14(18)12-4-3-5-13(17)10(12)2/h3-5,9,11,17H,6-8H2,1-2H3. The fourth-order valence-electron chi connectivity index (χ4n) is 2.32. The molecule has 0 aliphatic carbocycles. The van der Waals surface area contributed by atoms with E-state index >= 15 is 0 Å². The summed E-state index contributed by atoms with van der Waals surface area (Å²) in [6.45, 7) is 4.70. The molecule has 2 atom stereocenters. The third kappa shape index (κ3) is 3.01.